The smallest absolute Gasteiger partial charge is 0.267 e. The fraction of sp³-hybridized carbons (Fsp3) is 0.211. The van der Waals surface area contributed by atoms with E-state index in [0.29, 0.717) is 18.2 Å². The molecule has 0 atom stereocenters. The van der Waals surface area contributed by atoms with Crippen molar-refractivity contribution in [3.05, 3.63) is 59.5 Å². The van der Waals surface area contributed by atoms with Gasteiger partial charge in [-0.2, -0.15) is 0 Å². The van der Waals surface area contributed by atoms with Crippen LogP contribution in [-0.2, 0) is 6.54 Å². The standard InChI is InChI=1S/C19H21N5O2/c1-3-20-19-23-9-12(2)17(24-19)14-8-16(21-11-14)18(26)22-10-13-5-4-6-15(25)7-13/h4-9,11,21,25H,3,10H2,1-2H3,(H,22,26)(H,20,23,24). The summed E-state index contributed by atoms with van der Waals surface area (Å²) < 4.78 is 0. The van der Waals surface area contributed by atoms with Crippen molar-refractivity contribution in [3.8, 4) is 17.0 Å². The molecule has 0 radical (unpaired) electrons. The average molecular weight is 351 g/mol. The fourth-order valence-electron chi connectivity index (χ4n) is 2.58. The van der Waals surface area contributed by atoms with E-state index in [1.807, 2.05) is 19.9 Å². The number of carbonyl (C=O) groups is 1. The van der Waals surface area contributed by atoms with E-state index in [-0.39, 0.29) is 11.7 Å². The number of aromatic nitrogens is 3. The summed E-state index contributed by atoms with van der Waals surface area (Å²) in [6, 6.07) is 8.56. The van der Waals surface area contributed by atoms with Gasteiger partial charge in [0.25, 0.3) is 5.91 Å². The van der Waals surface area contributed by atoms with E-state index < -0.39 is 0 Å². The van der Waals surface area contributed by atoms with Crippen molar-refractivity contribution < 1.29 is 9.90 Å². The van der Waals surface area contributed by atoms with Crippen molar-refractivity contribution in [1.29, 1.82) is 0 Å². The zero-order valence-corrected chi connectivity index (χ0v) is 14.7. The van der Waals surface area contributed by atoms with Crippen LogP contribution in [0.15, 0.2) is 42.7 Å². The Labute approximate surface area is 151 Å². The van der Waals surface area contributed by atoms with Gasteiger partial charge < -0.3 is 20.7 Å². The number of phenolic OH excluding ortho intramolecular Hbond substituents is 1. The summed E-state index contributed by atoms with van der Waals surface area (Å²) in [6.07, 6.45) is 3.52. The molecule has 134 valence electrons. The Kier molecular flexibility index (Phi) is 5.17. The number of aromatic amines is 1. The van der Waals surface area contributed by atoms with Crippen LogP contribution >= 0.6 is 0 Å². The van der Waals surface area contributed by atoms with Gasteiger partial charge in [0.1, 0.15) is 11.4 Å². The lowest BCUT2D eigenvalue weighted by Crippen LogP contribution is -2.22. The van der Waals surface area contributed by atoms with E-state index in [9.17, 15) is 9.90 Å². The molecule has 7 nitrogen and oxygen atoms in total. The first-order valence-electron chi connectivity index (χ1n) is 8.39. The fourth-order valence-corrected chi connectivity index (χ4v) is 2.58. The first kappa shape index (κ1) is 17.5. The minimum absolute atomic E-state index is 0.176. The maximum Gasteiger partial charge on any atom is 0.267 e. The van der Waals surface area contributed by atoms with Gasteiger partial charge in [-0.25, -0.2) is 9.97 Å². The molecule has 1 aromatic carbocycles. The van der Waals surface area contributed by atoms with Crippen molar-refractivity contribution in [2.45, 2.75) is 20.4 Å². The van der Waals surface area contributed by atoms with Crippen LogP contribution in [0.4, 0.5) is 5.95 Å². The SMILES string of the molecule is CCNc1ncc(C)c(-c2c[nH]c(C(=O)NCc3cccc(O)c3)c2)n1. The van der Waals surface area contributed by atoms with E-state index in [1.54, 1.807) is 36.7 Å². The highest BCUT2D eigenvalue weighted by atomic mass is 16.3. The van der Waals surface area contributed by atoms with E-state index in [1.165, 1.54) is 0 Å². The quantitative estimate of drug-likeness (QED) is 0.547. The number of benzene rings is 1. The van der Waals surface area contributed by atoms with Gasteiger partial charge >= 0.3 is 0 Å². The lowest BCUT2D eigenvalue weighted by Gasteiger charge is -2.06. The summed E-state index contributed by atoms with van der Waals surface area (Å²) in [5, 5.41) is 15.4. The molecule has 0 aliphatic carbocycles. The van der Waals surface area contributed by atoms with Gasteiger partial charge in [0, 0.05) is 31.0 Å². The number of amides is 1. The highest BCUT2D eigenvalue weighted by molar-refractivity contribution is 5.93. The number of H-pyrrole nitrogens is 1. The van der Waals surface area contributed by atoms with Gasteiger partial charge in [-0.15, -0.1) is 0 Å². The summed E-state index contributed by atoms with van der Waals surface area (Å²) in [4.78, 5) is 24.1. The molecule has 0 aliphatic rings. The van der Waals surface area contributed by atoms with Gasteiger partial charge in [-0.1, -0.05) is 12.1 Å². The van der Waals surface area contributed by atoms with Crippen LogP contribution in [0.5, 0.6) is 5.75 Å². The second-order valence-electron chi connectivity index (χ2n) is 5.91. The van der Waals surface area contributed by atoms with Crippen LogP contribution in [0.2, 0.25) is 0 Å². The number of nitrogens with zero attached hydrogens (tertiary/aromatic N) is 2. The maximum absolute atomic E-state index is 12.4. The van der Waals surface area contributed by atoms with Crippen molar-refractivity contribution in [2.24, 2.45) is 0 Å². The lowest BCUT2D eigenvalue weighted by molar-refractivity contribution is 0.0946. The molecule has 4 N–H and O–H groups in total. The van der Waals surface area contributed by atoms with Crippen molar-refractivity contribution in [1.82, 2.24) is 20.3 Å². The predicted octanol–water partition coefficient (Wildman–Crippen LogP) is 2.85. The Morgan fingerprint density at radius 2 is 2.15 bits per heavy atom. The van der Waals surface area contributed by atoms with Crippen LogP contribution in [-0.4, -0.2) is 32.5 Å². The molecule has 2 heterocycles. The third-order valence-corrected chi connectivity index (χ3v) is 3.87. The first-order chi connectivity index (χ1) is 12.6. The third-order valence-electron chi connectivity index (χ3n) is 3.87. The number of phenols is 1. The minimum atomic E-state index is -0.224. The Hall–Kier alpha value is -3.35. The molecule has 26 heavy (non-hydrogen) atoms. The second-order valence-corrected chi connectivity index (χ2v) is 5.91. The number of hydrogen-bond acceptors (Lipinski definition) is 5. The highest BCUT2D eigenvalue weighted by Crippen LogP contribution is 2.22. The number of hydrogen-bond donors (Lipinski definition) is 4. The molecular weight excluding hydrogens is 330 g/mol. The monoisotopic (exact) mass is 351 g/mol. The van der Waals surface area contributed by atoms with E-state index in [4.69, 9.17) is 0 Å². The van der Waals surface area contributed by atoms with Crippen LogP contribution in [0.3, 0.4) is 0 Å². The molecule has 0 spiro atoms. The van der Waals surface area contributed by atoms with Crippen LogP contribution in [0.1, 0.15) is 28.5 Å². The normalized spacial score (nSPS) is 10.5. The van der Waals surface area contributed by atoms with Gasteiger partial charge in [0.15, 0.2) is 0 Å². The zero-order chi connectivity index (χ0) is 18.5. The molecule has 0 fully saturated rings. The van der Waals surface area contributed by atoms with Gasteiger partial charge in [-0.05, 0) is 43.2 Å². The zero-order valence-electron chi connectivity index (χ0n) is 14.7. The molecule has 0 unspecified atom stereocenters. The van der Waals surface area contributed by atoms with Crippen molar-refractivity contribution in [2.75, 3.05) is 11.9 Å². The van der Waals surface area contributed by atoms with E-state index in [0.717, 1.165) is 28.9 Å². The minimum Gasteiger partial charge on any atom is -0.508 e. The number of anilines is 1. The first-order valence-corrected chi connectivity index (χ1v) is 8.39. The molecule has 2 aromatic heterocycles. The highest BCUT2D eigenvalue weighted by Gasteiger charge is 2.13. The Morgan fingerprint density at radius 1 is 1.31 bits per heavy atom. The van der Waals surface area contributed by atoms with Gasteiger partial charge in [0.05, 0.1) is 5.69 Å². The van der Waals surface area contributed by atoms with Gasteiger partial charge in [0.2, 0.25) is 5.95 Å². The molecule has 0 bridgehead atoms. The Balaban J connectivity index is 1.73. The molecule has 3 aromatic rings. The third kappa shape index (κ3) is 4.00. The summed E-state index contributed by atoms with van der Waals surface area (Å²) in [7, 11) is 0. The summed E-state index contributed by atoms with van der Waals surface area (Å²) in [5.41, 5.74) is 3.80. The van der Waals surface area contributed by atoms with Gasteiger partial charge in [-0.3, -0.25) is 4.79 Å². The topological polar surface area (TPSA) is 103 Å². The van der Waals surface area contributed by atoms with E-state index >= 15 is 0 Å². The molecule has 0 saturated heterocycles. The number of rotatable bonds is 6. The van der Waals surface area contributed by atoms with Crippen LogP contribution in [0.25, 0.3) is 11.3 Å². The van der Waals surface area contributed by atoms with Crippen LogP contribution < -0.4 is 10.6 Å². The predicted molar refractivity (Wildman–Crippen MR) is 100.0 cm³/mol. The summed E-state index contributed by atoms with van der Waals surface area (Å²) in [5.74, 6) is 0.511. The summed E-state index contributed by atoms with van der Waals surface area (Å²) >= 11 is 0. The second kappa shape index (κ2) is 7.69. The maximum atomic E-state index is 12.4. The largest absolute Gasteiger partial charge is 0.508 e. The number of nitrogens with one attached hydrogen (secondary N) is 3. The number of aromatic hydroxyl groups is 1. The summed E-state index contributed by atoms with van der Waals surface area (Å²) in [6.45, 7) is 4.98. The van der Waals surface area contributed by atoms with E-state index in [2.05, 4.69) is 25.6 Å². The molecule has 0 saturated carbocycles. The average Bonchev–Trinajstić information content (AvgIpc) is 3.11. The molecule has 1 amide bonds. The lowest BCUT2D eigenvalue weighted by atomic mass is 10.1. The molecular formula is C19H21N5O2. The van der Waals surface area contributed by atoms with Crippen molar-refractivity contribution in [3.63, 3.8) is 0 Å². The number of carbonyl (C=O) groups excluding carboxylic acids is 1. The number of aryl methyl sites for hydroxylation is 1. The molecule has 7 heteroatoms. The molecule has 0 aliphatic heterocycles. The Bertz CT molecular complexity index is 920. The van der Waals surface area contributed by atoms with Crippen molar-refractivity contribution >= 4 is 11.9 Å². The Morgan fingerprint density at radius 3 is 2.92 bits per heavy atom. The van der Waals surface area contributed by atoms with Crippen LogP contribution in [0, 0.1) is 6.92 Å². The molecule has 3 rings (SSSR count).